The number of nitrogens with two attached hydrogens (primary N) is 1. The number of hydrogen-bond donors (Lipinski definition) is 3. The summed E-state index contributed by atoms with van der Waals surface area (Å²) in [6, 6.07) is 3.70. The van der Waals surface area contributed by atoms with E-state index in [-0.39, 0.29) is 42.8 Å². The molecule has 2 aliphatic heterocycles. The van der Waals surface area contributed by atoms with Crippen LogP contribution in [0.1, 0.15) is 75.3 Å². The van der Waals surface area contributed by atoms with E-state index >= 15 is 0 Å². The van der Waals surface area contributed by atoms with Crippen molar-refractivity contribution >= 4 is 57.8 Å². The molecule has 3 saturated carbocycles. The zero-order valence-corrected chi connectivity index (χ0v) is 27.9. The summed E-state index contributed by atoms with van der Waals surface area (Å²) < 4.78 is 32.6. The molecular weight excluding hydrogens is 657 g/mol. The lowest BCUT2D eigenvalue weighted by Gasteiger charge is -2.32. The van der Waals surface area contributed by atoms with Crippen LogP contribution >= 0.6 is 24.0 Å². The smallest absolute Gasteiger partial charge is 0.410 e. The van der Waals surface area contributed by atoms with Crippen LogP contribution in [-0.4, -0.2) is 77.6 Å². The number of carbonyl (C=O) groups is 4. The van der Waals surface area contributed by atoms with Crippen molar-refractivity contribution in [2.45, 2.75) is 106 Å². The first-order valence-corrected chi connectivity index (χ1v) is 17.7. The maximum Gasteiger partial charge on any atom is 0.410 e. The van der Waals surface area contributed by atoms with Gasteiger partial charge in [0, 0.05) is 23.6 Å². The lowest BCUT2D eigenvalue weighted by atomic mass is 9.83. The zero-order chi connectivity index (χ0) is 32.1. The monoisotopic (exact) mass is 697 g/mol. The van der Waals surface area contributed by atoms with Crippen molar-refractivity contribution in [3.63, 3.8) is 0 Å². The van der Waals surface area contributed by atoms with Gasteiger partial charge in [0.2, 0.25) is 21.8 Å². The Labute approximate surface area is 280 Å². The molecule has 0 aromatic heterocycles. The molecule has 252 valence electrons. The Balaban J connectivity index is 0.00000417. The fraction of sp³-hybridized carbons (Fsp3) is 0.613. The van der Waals surface area contributed by atoms with E-state index in [1.165, 1.54) is 9.80 Å². The van der Waals surface area contributed by atoms with Crippen molar-refractivity contribution in [2.75, 3.05) is 6.54 Å². The third-order valence-electron chi connectivity index (χ3n) is 9.91. The number of hydrogen-bond acceptors (Lipinski definition) is 8. The van der Waals surface area contributed by atoms with Crippen LogP contribution in [0, 0.1) is 5.92 Å². The summed E-state index contributed by atoms with van der Waals surface area (Å²) in [5.41, 5.74) is 7.11. The molecule has 3 atom stereocenters. The minimum Gasteiger partial charge on any atom is -0.444 e. The van der Waals surface area contributed by atoms with Crippen molar-refractivity contribution in [1.29, 1.82) is 0 Å². The predicted octanol–water partition coefficient (Wildman–Crippen LogP) is 2.90. The molecule has 1 saturated heterocycles. The molecule has 0 bridgehead atoms. The average Bonchev–Trinajstić information content (AvgIpc) is 3.93. The third kappa shape index (κ3) is 7.02. The minimum absolute atomic E-state index is 0. The number of likely N-dealkylation sites (tertiary alicyclic amines) is 1. The summed E-state index contributed by atoms with van der Waals surface area (Å²) in [6.45, 7) is 4.45. The maximum atomic E-state index is 13.8. The van der Waals surface area contributed by atoms with Gasteiger partial charge in [-0.2, -0.15) is 0 Å². The van der Waals surface area contributed by atoms with Gasteiger partial charge in [-0.25, -0.2) is 17.9 Å². The topological polar surface area (TPSA) is 168 Å². The fourth-order valence-electron chi connectivity index (χ4n) is 6.80. The van der Waals surface area contributed by atoms with Gasteiger partial charge in [-0.1, -0.05) is 49.6 Å². The van der Waals surface area contributed by atoms with Crippen molar-refractivity contribution in [2.24, 2.45) is 11.7 Å². The standard InChI is InChI=1S/C31H40ClN5O7S.ClH/c1-18(27(38)35-45(42,43)22-10-11-22)31(12-13-31)34-28(39)25-14-21(16-37(25)29(40)26(33)19-6-3-2-4-7-19)44-30(41)36-15-20-8-5-9-24(32)23(20)17-36;/h5,8-9,19,21-22,25-26H,1-4,6-7,10-17,33H2,(H,34,39)(H,35,38);1H/t21-,25+,26?;/m1./s1. The Morgan fingerprint density at radius 3 is 2.39 bits per heavy atom. The number of sulfonamides is 1. The number of fused-ring (bicyclic) bond motifs is 1. The van der Waals surface area contributed by atoms with E-state index in [1.54, 1.807) is 6.07 Å². The molecule has 15 heteroatoms. The highest BCUT2D eigenvalue weighted by Gasteiger charge is 2.53. The second kappa shape index (κ2) is 13.3. The number of carbonyl (C=O) groups excluding carboxylic acids is 4. The highest BCUT2D eigenvalue weighted by atomic mass is 35.5. The minimum atomic E-state index is -3.79. The molecule has 1 aromatic carbocycles. The summed E-state index contributed by atoms with van der Waals surface area (Å²) in [5, 5.41) is 2.86. The Kier molecular flexibility index (Phi) is 9.98. The number of nitrogens with zero attached hydrogens (tertiary/aromatic N) is 2. The normalized spacial score (nSPS) is 24.3. The van der Waals surface area contributed by atoms with Crippen LogP contribution in [0.15, 0.2) is 30.4 Å². The summed E-state index contributed by atoms with van der Waals surface area (Å²) in [7, 11) is -3.79. The van der Waals surface area contributed by atoms with Gasteiger partial charge >= 0.3 is 6.09 Å². The van der Waals surface area contributed by atoms with Crippen molar-refractivity contribution in [1.82, 2.24) is 19.8 Å². The summed E-state index contributed by atoms with van der Waals surface area (Å²) in [6.07, 6.45) is 5.22. The van der Waals surface area contributed by atoms with Gasteiger partial charge < -0.3 is 20.7 Å². The number of halogens is 2. The first-order chi connectivity index (χ1) is 21.4. The van der Waals surface area contributed by atoms with Gasteiger partial charge in [0.05, 0.1) is 29.9 Å². The predicted molar refractivity (Wildman–Crippen MR) is 172 cm³/mol. The number of ether oxygens (including phenoxy) is 1. The largest absolute Gasteiger partial charge is 0.444 e. The second-order valence-corrected chi connectivity index (χ2v) is 15.5. The van der Waals surface area contributed by atoms with Gasteiger partial charge in [0.15, 0.2) is 0 Å². The Hall–Kier alpha value is -2.87. The number of amides is 4. The van der Waals surface area contributed by atoms with Crippen LogP contribution in [0.5, 0.6) is 0 Å². The van der Waals surface area contributed by atoms with E-state index in [4.69, 9.17) is 22.1 Å². The van der Waals surface area contributed by atoms with Crippen molar-refractivity contribution in [3.8, 4) is 0 Å². The van der Waals surface area contributed by atoms with Crippen LogP contribution in [-0.2, 0) is 42.2 Å². The molecule has 46 heavy (non-hydrogen) atoms. The van der Waals surface area contributed by atoms with Gasteiger partial charge in [-0.3, -0.25) is 19.3 Å². The number of nitrogens with one attached hydrogen (secondary N) is 2. The summed E-state index contributed by atoms with van der Waals surface area (Å²) in [4.78, 5) is 56.6. The van der Waals surface area contributed by atoms with E-state index in [2.05, 4.69) is 16.6 Å². The highest BCUT2D eigenvalue weighted by molar-refractivity contribution is 7.91. The van der Waals surface area contributed by atoms with Gasteiger partial charge in [-0.05, 0) is 61.6 Å². The molecule has 4 amide bonds. The number of rotatable bonds is 9. The third-order valence-corrected chi connectivity index (χ3v) is 12.1. The van der Waals surface area contributed by atoms with E-state index in [0.717, 1.165) is 43.2 Å². The van der Waals surface area contributed by atoms with Crippen LogP contribution < -0.4 is 15.8 Å². The molecule has 0 radical (unpaired) electrons. The summed E-state index contributed by atoms with van der Waals surface area (Å²) in [5.74, 6) is -1.76. The van der Waals surface area contributed by atoms with E-state index < -0.39 is 56.9 Å². The Morgan fingerprint density at radius 1 is 1.07 bits per heavy atom. The van der Waals surface area contributed by atoms with Crippen molar-refractivity contribution in [3.05, 3.63) is 46.5 Å². The van der Waals surface area contributed by atoms with Gasteiger partial charge in [-0.15, -0.1) is 12.4 Å². The first-order valence-electron chi connectivity index (χ1n) is 15.7. The lowest BCUT2D eigenvalue weighted by molar-refractivity contribution is -0.141. The molecule has 5 aliphatic rings. The molecule has 12 nitrogen and oxygen atoms in total. The molecule has 1 aromatic rings. The SMILES string of the molecule is C=C(C(=O)NS(=O)(=O)C1CC1)C1(NC(=O)[C@@H]2C[C@@H](OC(=O)N3Cc4cccc(Cl)c4C3)CN2C(=O)C(N)C2CCCCC2)CC1.Cl. The molecule has 0 spiro atoms. The fourth-order valence-corrected chi connectivity index (χ4v) is 8.36. The maximum absolute atomic E-state index is 13.8. The quantitative estimate of drug-likeness (QED) is 0.331. The van der Waals surface area contributed by atoms with E-state index in [1.807, 2.05) is 12.1 Å². The zero-order valence-electron chi connectivity index (χ0n) is 25.5. The Bertz CT molecular complexity index is 1520. The van der Waals surface area contributed by atoms with E-state index in [9.17, 15) is 27.6 Å². The van der Waals surface area contributed by atoms with Gasteiger partial charge in [0.25, 0.3) is 5.91 Å². The van der Waals surface area contributed by atoms with Crippen LogP contribution in [0.3, 0.4) is 0 Å². The van der Waals surface area contributed by atoms with E-state index in [0.29, 0.717) is 43.8 Å². The van der Waals surface area contributed by atoms with Crippen LogP contribution in [0.2, 0.25) is 5.02 Å². The van der Waals surface area contributed by atoms with Crippen LogP contribution in [0.4, 0.5) is 4.79 Å². The molecule has 3 aliphatic carbocycles. The summed E-state index contributed by atoms with van der Waals surface area (Å²) >= 11 is 6.32. The molecule has 6 rings (SSSR count). The first kappa shape index (κ1) is 34.5. The molecule has 1 unspecified atom stereocenters. The average molecular weight is 699 g/mol. The Morgan fingerprint density at radius 2 is 1.76 bits per heavy atom. The lowest BCUT2D eigenvalue weighted by Crippen LogP contribution is -2.55. The molecule has 4 N–H and O–H groups in total. The molecule has 4 fully saturated rings. The van der Waals surface area contributed by atoms with Crippen LogP contribution in [0.25, 0.3) is 0 Å². The highest BCUT2D eigenvalue weighted by Crippen LogP contribution is 2.42. The van der Waals surface area contributed by atoms with Gasteiger partial charge in [0.1, 0.15) is 12.1 Å². The molecular formula is C31H41Cl2N5O7S. The number of benzene rings is 1. The van der Waals surface area contributed by atoms with Crippen molar-refractivity contribution < 1.29 is 32.3 Å². The molecule has 2 heterocycles. The second-order valence-electron chi connectivity index (χ2n) is 13.1.